The van der Waals surface area contributed by atoms with Gasteiger partial charge in [-0.3, -0.25) is 0 Å². The molecule has 1 aromatic carbocycles. The minimum absolute atomic E-state index is 0.560. The predicted molar refractivity (Wildman–Crippen MR) is 59.5 cm³/mol. The lowest BCUT2D eigenvalue weighted by Gasteiger charge is -2.30. The van der Waals surface area contributed by atoms with Gasteiger partial charge in [0.1, 0.15) is 6.10 Å². The fraction of sp³-hybridized carbons (Fsp3) is 0.455. The maximum atomic E-state index is 9.99. The van der Waals surface area contributed by atoms with E-state index in [1.54, 1.807) is 14.2 Å². The number of fused-ring (bicyclic) bond motifs is 1. The summed E-state index contributed by atoms with van der Waals surface area (Å²) in [6, 6.07) is 5.86. The van der Waals surface area contributed by atoms with Gasteiger partial charge in [0.15, 0.2) is 0 Å². The minimum atomic E-state index is -1.01. The Morgan fingerprint density at radius 1 is 1.40 bits per heavy atom. The molecule has 0 fully saturated rings. The van der Waals surface area contributed by atoms with Crippen molar-refractivity contribution in [1.29, 1.82) is 0 Å². The van der Waals surface area contributed by atoms with Gasteiger partial charge in [0.05, 0.1) is 0 Å². The largest absolute Gasteiger partial charge is 0.387 e. The molecule has 0 saturated carbocycles. The second-order valence-electron chi connectivity index (χ2n) is 3.60. The lowest BCUT2D eigenvalue weighted by Crippen LogP contribution is -2.39. The maximum absolute atomic E-state index is 9.99. The van der Waals surface area contributed by atoms with Crippen LogP contribution in [0.1, 0.15) is 11.1 Å². The highest BCUT2D eigenvalue weighted by atomic mass is 79.9. The molecule has 1 atom stereocenters. The van der Waals surface area contributed by atoms with Crippen molar-refractivity contribution in [2.45, 2.75) is 18.3 Å². The fourth-order valence-electron chi connectivity index (χ4n) is 2.15. The SMILES string of the molecule is COC1(OC)c2cc(Br)ccc2CC1O. The summed E-state index contributed by atoms with van der Waals surface area (Å²) >= 11 is 3.40. The lowest BCUT2D eigenvalue weighted by atomic mass is 10.1. The molecule has 1 aromatic rings. The van der Waals surface area contributed by atoms with Gasteiger partial charge in [0.2, 0.25) is 5.79 Å². The molecule has 4 heteroatoms. The Labute approximate surface area is 97.1 Å². The highest BCUT2D eigenvalue weighted by Gasteiger charge is 2.47. The molecule has 0 heterocycles. The van der Waals surface area contributed by atoms with Crippen LogP contribution in [0.4, 0.5) is 0 Å². The Hall–Kier alpha value is -0.420. The molecule has 82 valence electrons. The first-order valence-corrected chi connectivity index (χ1v) is 5.50. The third-order valence-corrected chi connectivity index (χ3v) is 3.40. The molecule has 0 radical (unpaired) electrons. The molecule has 0 aromatic heterocycles. The summed E-state index contributed by atoms with van der Waals surface area (Å²) in [6.45, 7) is 0. The standard InChI is InChI=1S/C11H13BrO3/c1-14-11(15-2)9-6-8(12)4-3-7(9)5-10(11)13/h3-4,6,10,13H,5H2,1-2H3. The fourth-order valence-corrected chi connectivity index (χ4v) is 2.51. The van der Waals surface area contributed by atoms with E-state index in [9.17, 15) is 5.11 Å². The number of rotatable bonds is 2. The van der Waals surface area contributed by atoms with Crippen LogP contribution in [0.2, 0.25) is 0 Å². The highest BCUT2D eigenvalue weighted by molar-refractivity contribution is 9.10. The minimum Gasteiger partial charge on any atom is -0.387 e. The van der Waals surface area contributed by atoms with E-state index in [1.807, 2.05) is 18.2 Å². The van der Waals surface area contributed by atoms with Gasteiger partial charge in [-0.1, -0.05) is 22.0 Å². The van der Waals surface area contributed by atoms with Crippen LogP contribution in [-0.2, 0) is 21.7 Å². The summed E-state index contributed by atoms with van der Waals surface area (Å²) in [5, 5.41) is 9.99. The third kappa shape index (κ3) is 1.52. The normalized spacial score (nSPS) is 22.8. The Balaban J connectivity index is 2.56. The van der Waals surface area contributed by atoms with Gasteiger partial charge in [-0.25, -0.2) is 0 Å². The molecule has 0 amide bonds. The Bertz CT molecular complexity index is 374. The zero-order valence-corrected chi connectivity index (χ0v) is 10.2. The predicted octanol–water partition coefficient (Wildman–Crippen LogP) is 1.81. The van der Waals surface area contributed by atoms with Gasteiger partial charge >= 0.3 is 0 Å². The molecule has 1 unspecified atom stereocenters. The van der Waals surface area contributed by atoms with Gasteiger partial charge in [-0.05, 0) is 17.7 Å². The quantitative estimate of drug-likeness (QED) is 0.835. The number of hydrogen-bond donors (Lipinski definition) is 1. The van der Waals surface area contributed by atoms with Crippen molar-refractivity contribution < 1.29 is 14.6 Å². The van der Waals surface area contributed by atoms with Crippen LogP contribution < -0.4 is 0 Å². The molecule has 0 bridgehead atoms. The average Bonchev–Trinajstić information content (AvgIpc) is 2.50. The first kappa shape index (κ1) is 11.1. The molecule has 3 nitrogen and oxygen atoms in total. The van der Waals surface area contributed by atoms with Gasteiger partial charge < -0.3 is 14.6 Å². The summed E-state index contributed by atoms with van der Waals surface area (Å²) in [5.41, 5.74) is 1.96. The van der Waals surface area contributed by atoms with Crippen LogP contribution >= 0.6 is 15.9 Å². The summed E-state index contributed by atoms with van der Waals surface area (Å²) < 4.78 is 11.6. The number of methoxy groups -OCH3 is 2. The Morgan fingerprint density at radius 2 is 2.07 bits per heavy atom. The molecule has 15 heavy (non-hydrogen) atoms. The molecule has 0 saturated heterocycles. The smallest absolute Gasteiger partial charge is 0.221 e. The van der Waals surface area contributed by atoms with E-state index in [1.165, 1.54) is 0 Å². The molecule has 1 aliphatic carbocycles. The summed E-state index contributed by atoms with van der Waals surface area (Å²) in [4.78, 5) is 0. The second-order valence-corrected chi connectivity index (χ2v) is 4.51. The van der Waals surface area contributed by atoms with Crippen LogP contribution in [0.5, 0.6) is 0 Å². The molecule has 2 rings (SSSR count). The first-order chi connectivity index (χ1) is 7.14. The van der Waals surface area contributed by atoms with E-state index in [2.05, 4.69) is 15.9 Å². The lowest BCUT2D eigenvalue weighted by molar-refractivity contribution is -0.260. The number of ether oxygens (including phenoxy) is 2. The number of aliphatic hydroxyl groups excluding tert-OH is 1. The number of hydrogen-bond acceptors (Lipinski definition) is 3. The Morgan fingerprint density at radius 3 is 2.67 bits per heavy atom. The highest BCUT2D eigenvalue weighted by Crippen LogP contribution is 2.41. The van der Waals surface area contributed by atoms with Crippen LogP contribution in [0.3, 0.4) is 0 Å². The zero-order chi connectivity index (χ0) is 11.1. The molecular formula is C11H13BrO3. The van der Waals surface area contributed by atoms with Crippen molar-refractivity contribution in [2.24, 2.45) is 0 Å². The summed E-state index contributed by atoms with van der Waals surface area (Å²) in [7, 11) is 3.09. The van der Waals surface area contributed by atoms with Gasteiger partial charge in [-0.15, -0.1) is 0 Å². The monoisotopic (exact) mass is 272 g/mol. The third-order valence-electron chi connectivity index (χ3n) is 2.91. The van der Waals surface area contributed by atoms with Crippen molar-refractivity contribution in [1.82, 2.24) is 0 Å². The van der Waals surface area contributed by atoms with Crippen molar-refractivity contribution in [3.63, 3.8) is 0 Å². The molecule has 1 aliphatic rings. The van der Waals surface area contributed by atoms with E-state index in [0.717, 1.165) is 15.6 Å². The molecule has 0 aliphatic heterocycles. The van der Waals surface area contributed by atoms with Crippen molar-refractivity contribution >= 4 is 15.9 Å². The van der Waals surface area contributed by atoms with E-state index >= 15 is 0 Å². The van der Waals surface area contributed by atoms with Crippen molar-refractivity contribution in [3.8, 4) is 0 Å². The van der Waals surface area contributed by atoms with Crippen LogP contribution in [0.25, 0.3) is 0 Å². The van der Waals surface area contributed by atoms with Crippen LogP contribution in [0, 0.1) is 0 Å². The number of halogens is 1. The van der Waals surface area contributed by atoms with E-state index < -0.39 is 11.9 Å². The molecule has 0 spiro atoms. The van der Waals surface area contributed by atoms with Crippen molar-refractivity contribution in [3.05, 3.63) is 33.8 Å². The second kappa shape index (κ2) is 3.87. The Kier molecular flexibility index (Phi) is 2.85. The van der Waals surface area contributed by atoms with Crippen LogP contribution in [0.15, 0.2) is 22.7 Å². The zero-order valence-electron chi connectivity index (χ0n) is 8.66. The van der Waals surface area contributed by atoms with Crippen LogP contribution in [-0.4, -0.2) is 25.4 Å². The van der Waals surface area contributed by atoms with E-state index in [0.29, 0.717) is 6.42 Å². The number of aliphatic hydroxyl groups is 1. The van der Waals surface area contributed by atoms with Crippen molar-refractivity contribution in [2.75, 3.05) is 14.2 Å². The van der Waals surface area contributed by atoms with Gasteiger partial charge in [0, 0.05) is 30.7 Å². The van der Waals surface area contributed by atoms with E-state index in [-0.39, 0.29) is 0 Å². The summed E-state index contributed by atoms with van der Waals surface area (Å²) in [6.07, 6.45) is -0.0959. The van der Waals surface area contributed by atoms with Gasteiger partial charge in [0.25, 0.3) is 0 Å². The summed E-state index contributed by atoms with van der Waals surface area (Å²) in [5.74, 6) is -1.01. The number of benzene rings is 1. The first-order valence-electron chi connectivity index (χ1n) is 4.71. The van der Waals surface area contributed by atoms with Gasteiger partial charge in [-0.2, -0.15) is 0 Å². The average molecular weight is 273 g/mol. The maximum Gasteiger partial charge on any atom is 0.221 e. The topological polar surface area (TPSA) is 38.7 Å². The van der Waals surface area contributed by atoms with E-state index in [4.69, 9.17) is 9.47 Å². The molecular weight excluding hydrogens is 260 g/mol. The molecule has 1 N–H and O–H groups in total.